The summed E-state index contributed by atoms with van der Waals surface area (Å²) in [5.74, 6) is -0.348. The van der Waals surface area contributed by atoms with E-state index in [1.165, 1.54) is 23.1 Å². The van der Waals surface area contributed by atoms with Gasteiger partial charge in [-0.3, -0.25) is 14.5 Å². The first-order valence-electron chi connectivity index (χ1n) is 14.4. The minimum absolute atomic E-state index is 0.0167. The molecule has 1 fully saturated rings. The van der Waals surface area contributed by atoms with Crippen molar-refractivity contribution in [3.8, 4) is 16.9 Å². The first-order chi connectivity index (χ1) is 20.6. The lowest BCUT2D eigenvalue weighted by Gasteiger charge is -2.34. The summed E-state index contributed by atoms with van der Waals surface area (Å²) in [6.07, 6.45) is 8.87. The van der Waals surface area contributed by atoms with Gasteiger partial charge in [-0.25, -0.2) is 4.98 Å². The maximum Gasteiger partial charge on any atom is 0.573 e. The van der Waals surface area contributed by atoms with E-state index in [0.29, 0.717) is 28.2 Å². The smallest absolute Gasteiger partial charge is 0.406 e. The van der Waals surface area contributed by atoms with Crippen LogP contribution >= 0.6 is 0 Å². The number of anilines is 1. The number of nitrogens with zero attached hydrogens (tertiary/aromatic N) is 3. The Morgan fingerprint density at radius 3 is 2.42 bits per heavy atom. The normalized spacial score (nSPS) is 15.3. The van der Waals surface area contributed by atoms with Crippen molar-refractivity contribution >= 4 is 17.5 Å². The predicted molar refractivity (Wildman–Crippen MR) is 160 cm³/mol. The Morgan fingerprint density at radius 1 is 1.09 bits per heavy atom. The molecule has 0 bridgehead atoms. The van der Waals surface area contributed by atoms with Crippen LogP contribution < -0.4 is 15.0 Å². The molecule has 1 unspecified atom stereocenters. The van der Waals surface area contributed by atoms with Gasteiger partial charge in [-0.05, 0) is 74.6 Å². The average Bonchev–Trinajstić information content (AvgIpc) is 3.38. The number of rotatable bonds is 10. The fraction of sp³-hybridized carbons (Fsp3) is 0.364. The Hall–Kier alpha value is -4.34. The van der Waals surface area contributed by atoms with Crippen molar-refractivity contribution in [3.63, 3.8) is 0 Å². The highest BCUT2D eigenvalue weighted by molar-refractivity contribution is 6.03. The standard InChI is InChI=1S/C33H37F3N4O3/c1-4-11-24(5-2)31(32(42)38-27-14-7-6-8-15-27)40(30(41)22-39-19-18-37-23(39)3)28-16-9-12-25(20-28)26-13-10-17-29(21-26)43-33(34,35)36/h4-5,9-13,16-21,27,31H,6-8,14-15,22H2,1-3H3,(H,38,42)/b11-4-,24-5+. The van der Waals surface area contributed by atoms with E-state index < -0.39 is 12.4 Å². The number of aromatic nitrogens is 2. The molecule has 1 heterocycles. The van der Waals surface area contributed by atoms with Crippen LogP contribution in [0.1, 0.15) is 51.8 Å². The number of ether oxygens (including phenoxy) is 1. The minimum atomic E-state index is -4.83. The van der Waals surface area contributed by atoms with Crippen LogP contribution in [0, 0.1) is 6.92 Å². The van der Waals surface area contributed by atoms with Gasteiger partial charge in [0.1, 0.15) is 24.2 Å². The van der Waals surface area contributed by atoms with Crippen molar-refractivity contribution in [2.45, 2.75) is 77.9 Å². The number of hydrogen-bond acceptors (Lipinski definition) is 4. The van der Waals surface area contributed by atoms with Gasteiger partial charge < -0.3 is 14.6 Å². The topological polar surface area (TPSA) is 76.5 Å². The molecule has 1 atom stereocenters. The highest BCUT2D eigenvalue weighted by Gasteiger charge is 2.35. The molecule has 228 valence electrons. The zero-order chi connectivity index (χ0) is 31.0. The van der Waals surface area contributed by atoms with Crippen molar-refractivity contribution < 1.29 is 27.5 Å². The summed E-state index contributed by atoms with van der Waals surface area (Å²) in [5, 5.41) is 3.19. The monoisotopic (exact) mass is 594 g/mol. The predicted octanol–water partition coefficient (Wildman–Crippen LogP) is 7.13. The van der Waals surface area contributed by atoms with E-state index in [1.807, 2.05) is 32.1 Å². The third-order valence-electron chi connectivity index (χ3n) is 7.49. The molecule has 1 aliphatic carbocycles. The molecule has 1 N–H and O–H groups in total. The van der Waals surface area contributed by atoms with Gasteiger partial charge in [0.25, 0.3) is 0 Å². The summed E-state index contributed by atoms with van der Waals surface area (Å²) in [6, 6.07) is 11.6. The number of allylic oxidation sites excluding steroid dienone is 2. The largest absolute Gasteiger partial charge is 0.573 e. The third kappa shape index (κ3) is 8.37. The molecule has 2 aromatic carbocycles. The van der Waals surface area contributed by atoms with E-state index in [2.05, 4.69) is 15.0 Å². The number of alkyl halides is 3. The number of halogens is 3. The summed E-state index contributed by atoms with van der Waals surface area (Å²) >= 11 is 0. The average molecular weight is 595 g/mol. The number of aryl methyl sites for hydroxylation is 1. The molecule has 10 heteroatoms. The van der Waals surface area contributed by atoms with Crippen LogP contribution in [0.4, 0.5) is 18.9 Å². The van der Waals surface area contributed by atoms with Gasteiger partial charge in [0.2, 0.25) is 11.8 Å². The Bertz CT molecular complexity index is 1470. The third-order valence-corrected chi connectivity index (χ3v) is 7.49. The zero-order valence-electron chi connectivity index (χ0n) is 24.6. The van der Waals surface area contributed by atoms with Gasteiger partial charge in [0.15, 0.2) is 0 Å². The molecule has 1 saturated carbocycles. The molecule has 1 aromatic heterocycles. The Labute approximate surface area is 250 Å². The summed E-state index contributed by atoms with van der Waals surface area (Å²) in [6.45, 7) is 5.39. The first kappa shape index (κ1) is 31.6. The lowest BCUT2D eigenvalue weighted by Crippen LogP contribution is -2.54. The summed E-state index contributed by atoms with van der Waals surface area (Å²) in [7, 11) is 0. The lowest BCUT2D eigenvalue weighted by molar-refractivity contribution is -0.274. The number of nitrogens with one attached hydrogen (secondary N) is 1. The molecule has 1 aliphatic rings. The van der Waals surface area contributed by atoms with Gasteiger partial charge in [-0.2, -0.15) is 0 Å². The van der Waals surface area contributed by atoms with Gasteiger partial charge >= 0.3 is 6.36 Å². The van der Waals surface area contributed by atoms with Crippen LogP contribution in [0.2, 0.25) is 0 Å². The highest BCUT2D eigenvalue weighted by Crippen LogP contribution is 2.32. The number of carbonyl (C=O) groups excluding carboxylic acids is 2. The fourth-order valence-electron chi connectivity index (χ4n) is 5.42. The molecule has 4 rings (SSSR count). The molecule has 0 radical (unpaired) electrons. The SMILES string of the molecule is C/C=C\C(=C/C)C(C(=O)NC1CCCCC1)N(C(=O)Cn1ccnc1C)c1cccc(-c2cccc(OC(F)(F)F)c2)c1. The molecule has 7 nitrogen and oxygen atoms in total. The van der Waals surface area contributed by atoms with Gasteiger partial charge in [-0.1, -0.05) is 61.8 Å². The van der Waals surface area contributed by atoms with E-state index >= 15 is 0 Å². The Kier molecular flexibility index (Phi) is 10.4. The second-order valence-electron chi connectivity index (χ2n) is 10.5. The maximum atomic E-state index is 14.2. The van der Waals surface area contributed by atoms with Crippen molar-refractivity contribution in [1.29, 1.82) is 0 Å². The lowest BCUT2D eigenvalue weighted by atomic mass is 9.94. The zero-order valence-corrected chi connectivity index (χ0v) is 24.6. The first-order valence-corrected chi connectivity index (χ1v) is 14.4. The van der Waals surface area contributed by atoms with E-state index in [9.17, 15) is 22.8 Å². The number of amides is 2. The quantitative estimate of drug-likeness (QED) is 0.254. The van der Waals surface area contributed by atoms with Crippen molar-refractivity contribution in [3.05, 3.63) is 90.6 Å². The second kappa shape index (κ2) is 14.2. The number of benzene rings is 2. The van der Waals surface area contributed by atoms with Gasteiger partial charge in [0, 0.05) is 24.1 Å². The molecular weight excluding hydrogens is 557 g/mol. The Balaban J connectivity index is 1.80. The van der Waals surface area contributed by atoms with Crippen LogP contribution in [0.5, 0.6) is 5.75 Å². The highest BCUT2D eigenvalue weighted by atomic mass is 19.4. The number of imidazole rings is 1. The maximum absolute atomic E-state index is 14.2. The molecule has 2 amide bonds. The molecule has 0 saturated heterocycles. The molecule has 3 aromatic rings. The molecule has 0 spiro atoms. The van der Waals surface area contributed by atoms with Gasteiger partial charge in [-0.15, -0.1) is 13.2 Å². The Morgan fingerprint density at radius 2 is 1.79 bits per heavy atom. The summed E-state index contributed by atoms with van der Waals surface area (Å²) < 4.78 is 44.5. The van der Waals surface area contributed by atoms with E-state index in [0.717, 1.165) is 32.1 Å². The van der Waals surface area contributed by atoms with Crippen molar-refractivity contribution in [1.82, 2.24) is 14.9 Å². The second-order valence-corrected chi connectivity index (χ2v) is 10.5. The fourth-order valence-corrected chi connectivity index (χ4v) is 5.42. The number of hydrogen-bond donors (Lipinski definition) is 1. The van der Waals surface area contributed by atoms with Crippen LogP contribution in [0.25, 0.3) is 11.1 Å². The van der Waals surface area contributed by atoms with Crippen LogP contribution in [-0.2, 0) is 16.1 Å². The van der Waals surface area contributed by atoms with Crippen LogP contribution in [-0.4, -0.2) is 39.8 Å². The van der Waals surface area contributed by atoms with Crippen LogP contribution in [0.3, 0.4) is 0 Å². The van der Waals surface area contributed by atoms with Crippen LogP contribution in [0.15, 0.2) is 84.7 Å². The number of carbonyl (C=O) groups is 2. The summed E-state index contributed by atoms with van der Waals surface area (Å²) in [5.41, 5.74) is 2.08. The molecule has 43 heavy (non-hydrogen) atoms. The summed E-state index contributed by atoms with van der Waals surface area (Å²) in [4.78, 5) is 34.0. The van der Waals surface area contributed by atoms with E-state index in [4.69, 9.17) is 0 Å². The van der Waals surface area contributed by atoms with Crippen molar-refractivity contribution in [2.24, 2.45) is 0 Å². The van der Waals surface area contributed by atoms with E-state index in [1.54, 1.807) is 54.2 Å². The molecular formula is C33H37F3N4O3. The molecule has 0 aliphatic heterocycles. The van der Waals surface area contributed by atoms with Gasteiger partial charge in [0.05, 0.1) is 0 Å². The van der Waals surface area contributed by atoms with E-state index in [-0.39, 0.29) is 30.2 Å². The van der Waals surface area contributed by atoms with Crippen molar-refractivity contribution in [2.75, 3.05) is 4.90 Å². The minimum Gasteiger partial charge on any atom is -0.406 e.